The third-order valence-electron chi connectivity index (χ3n) is 4.96. The third kappa shape index (κ3) is 4.47. The third-order valence-corrected chi connectivity index (χ3v) is 5.29. The van der Waals surface area contributed by atoms with E-state index in [1.807, 2.05) is 24.3 Å². The molecule has 152 valence electrons. The Morgan fingerprint density at radius 1 is 0.933 bits per heavy atom. The van der Waals surface area contributed by atoms with Crippen LogP contribution in [0.4, 0.5) is 0 Å². The molecule has 0 bridgehead atoms. The summed E-state index contributed by atoms with van der Waals surface area (Å²) < 4.78 is 5.90. The minimum absolute atomic E-state index is 0.186. The predicted octanol–water partition coefficient (Wildman–Crippen LogP) is 4.99. The Kier molecular flexibility index (Phi) is 6.00. The number of halogens is 1. The van der Waals surface area contributed by atoms with Gasteiger partial charge in [-0.1, -0.05) is 41.9 Å². The van der Waals surface area contributed by atoms with Gasteiger partial charge in [0.15, 0.2) is 0 Å². The van der Waals surface area contributed by atoms with Gasteiger partial charge in [0.25, 0.3) is 11.8 Å². The zero-order valence-corrected chi connectivity index (χ0v) is 17.1. The van der Waals surface area contributed by atoms with E-state index in [0.29, 0.717) is 35.2 Å². The largest absolute Gasteiger partial charge is 0.457 e. The normalized spacial score (nSPS) is 14.0. The van der Waals surface area contributed by atoms with Crippen LogP contribution in [0, 0.1) is 0 Å². The Morgan fingerprint density at radius 2 is 1.63 bits per heavy atom. The lowest BCUT2D eigenvalue weighted by atomic mass is 10.2. The fraction of sp³-hybridized carbons (Fsp3) is 0.167. The van der Waals surface area contributed by atoms with Crippen LogP contribution in [0.1, 0.15) is 29.0 Å². The highest BCUT2D eigenvalue weighted by Gasteiger charge is 2.24. The molecule has 3 aromatic rings. The molecule has 1 N–H and O–H groups in total. The van der Waals surface area contributed by atoms with Crippen LogP contribution in [0.5, 0.6) is 0 Å². The maximum Gasteiger partial charge on any atom is 0.270 e. The number of rotatable bonds is 5. The highest BCUT2D eigenvalue weighted by Crippen LogP contribution is 2.29. The van der Waals surface area contributed by atoms with Gasteiger partial charge < -0.3 is 14.6 Å². The number of nitrogens with one attached hydrogen (secondary N) is 1. The Balaban J connectivity index is 1.63. The zero-order chi connectivity index (χ0) is 20.9. The highest BCUT2D eigenvalue weighted by atomic mass is 35.5. The van der Waals surface area contributed by atoms with Gasteiger partial charge in [0, 0.05) is 30.3 Å². The second kappa shape index (κ2) is 9.01. The summed E-state index contributed by atoms with van der Waals surface area (Å²) in [5.74, 6) is 0.495. The maximum absolute atomic E-state index is 13.0. The molecule has 4 rings (SSSR count). The molecular weight excluding hydrogens is 400 g/mol. The topological polar surface area (TPSA) is 62.6 Å². The lowest BCUT2D eigenvalue weighted by Gasteiger charge is -2.18. The molecule has 0 spiro atoms. The molecule has 0 atom stereocenters. The summed E-state index contributed by atoms with van der Waals surface area (Å²) in [6.45, 7) is 1.36. The minimum atomic E-state index is -0.340. The Labute approximate surface area is 180 Å². The van der Waals surface area contributed by atoms with Crippen LogP contribution in [0.25, 0.3) is 17.4 Å². The standard InChI is InChI=1S/C24H21ClN2O3/c25-20-11-5-4-10-19(20)22-13-12-18(30-22)16-21(24(29)27-14-6-7-15-27)26-23(28)17-8-2-1-3-9-17/h1-5,8-13,16H,6-7,14-15H2,(H,26,28)/b21-16-. The average Bonchev–Trinajstić information content (AvgIpc) is 3.46. The summed E-state index contributed by atoms with van der Waals surface area (Å²) >= 11 is 6.25. The predicted molar refractivity (Wildman–Crippen MR) is 117 cm³/mol. The molecule has 1 aromatic heterocycles. The Hall–Kier alpha value is -3.31. The molecule has 1 aliphatic rings. The maximum atomic E-state index is 13.0. The molecule has 2 heterocycles. The van der Waals surface area contributed by atoms with Crippen molar-refractivity contribution in [2.75, 3.05) is 13.1 Å². The summed E-state index contributed by atoms with van der Waals surface area (Å²) in [6, 6.07) is 19.7. The number of hydrogen-bond donors (Lipinski definition) is 1. The van der Waals surface area contributed by atoms with E-state index in [2.05, 4.69) is 5.32 Å². The molecule has 0 saturated carbocycles. The van der Waals surface area contributed by atoms with Crippen molar-refractivity contribution < 1.29 is 14.0 Å². The summed E-state index contributed by atoms with van der Waals surface area (Å²) in [6.07, 6.45) is 3.49. The fourth-order valence-corrected chi connectivity index (χ4v) is 3.63. The number of likely N-dealkylation sites (tertiary alicyclic amines) is 1. The van der Waals surface area contributed by atoms with Gasteiger partial charge in [-0.2, -0.15) is 0 Å². The lowest BCUT2D eigenvalue weighted by molar-refractivity contribution is -0.126. The molecular formula is C24H21ClN2O3. The van der Waals surface area contributed by atoms with Crippen LogP contribution in [0.3, 0.4) is 0 Å². The van der Waals surface area contributed by atoms with Gasteiger partial charge in [-0.15, -0.1) is 0 Å². The van der Waals surface area contributed by atoms with Gasteiger partial charge >= 0.3 is 0 Å². The van der Waals surface area contributed by atoms with Crippen molar-refractivity contribution in [2.45, 2.75) is 12.8 Å². The second-order valence-electron chi connectivity index (χ2n) is 7.06. The zero-order valence-electron chi connectivity index (χ0n) is 16.3. The first-order chi connectivity index (χ1) is 14.6. The number of hydrogen-bond acceptors (Lipinski definition) is 3. The molecule has 1 aliphatic heterocycles. The van der Waals surface area contributed by atoms with Crippen molar-refractivity contribution in [3.63, 3.8) is 0 Å². The Bertz CT molecular complexity index is 1080. The average molecular weight is 421 g/mol. The van der Waals surface area contributed by atoms with Crippen LogP contribution in [0.15, 0.2) is 76.8 Å². The number of amides is 2. The minimum Gasteiger partial charge on any atom is -0.457 e. The van der Waals surface area contributed by atoms with Gasteiger partial charge in [-0.3, -0.25) is 9.59 Å². The van der Waals surface area contributed by atoms with E-state index in [0.717, 1.165) is 18.4 Å². The summed E-state index contributed by atoms with van der Waals surface area (Å²) in [5.41, 5.74) is 1.43. The molecule has 0 unspecified atom stereocenters. The van der Waals surface area contributed by atoms with Crippen LogP contribution >= 0.6 is 11.6 Å². The van der Waals surface area contributed by atoms with Crippen LogP contribution < -0.4 is 5.32 Å². The summed E-state index contributed by atoms with van der Waals surface area (Å²) in [4.78, 5) is 27.4. The molecule has 1 fully saturated rings. The summed E-state index contributed by atoms with van der Waals surface area (Å²) in [7, 11) is 0. The summed E-state index contributed by atoms with van der Waals surface area (Å²) in [5, 5.41) is 3.34. The van der Waals surface area contributed by atoms with Crippen molar-refractivity contribution >= 4 is 29.5 Å². The van der Waals surface area contributed by atoms with Crippen molar-refractivity contribution in [1.29, 1.82) is 0 Å². The first-order valence-corrected chi connectivity index (χ1v) is 10.2. The highest BCUT2D eigenvalue weighted by molar-refractivity contribution is 6.33. The van der Waals surface area contributed by atoms with E-state index in [1.165, 1.54) is 0 Å². The van der Waals surface area contributed by atoms with Crippen molar-refractivity contribution in [1.82, 2.24) is 10.2 Å². The van der Waals surface area contributed by atoms with Gasteiger partial charge in [-0.25, -0.2) is 0 Å². The number of carbonyl (C=O) groups is 2. The van der Waals surface area contributed by atoms with Gasteiger partial charge in [-0.05, 0) is 49.2 Å². The molecule has 0 aliphatic carbocycles. The molecule has 5 nitrogen and oxygen atoms in total. The number of benzene rings is 2. The molecule has 30 heavy (non-hydrogen) atoms. The molecule has 1 saturated heterocycles. The molecule has 6 heteroatoms. The van der Waals surface area contributed by atoms with Crippen molar-refractivity contribution in [3.05, 3.63) is 88.8 Å². The van der Waals surface area contributed by atoms with E-state index in [4.69, 9.17) is 16.0 Å². The van der Waals surface area contributed by atoms with Gasteiger partial charge in [0.05, 0.1) is 5.02 Å². The number of carbonyl (C=O) groups excluding carboxylic acids is 2. The quantitative estimate of drug-likeness (QED) is 0.591. The van der Waals surface area contributed by atoms with E-state index < -0.39 is 0 Å². The molecule has 2 amide bonds. The van der Waals surface area contributed by atoms with Crippen LogP contribution in [-0.4, -0.2) is 29.8 Å². The molecule has 2 aromatic carbocycles. The van der Waals surface area contributed by atoms with Crippen LogP contribution in [-0.2, 0) is 4.79 Å². The first-order valence-electron chi connectivity index (χ1n) is 9.84. The lowest BCUT2D eigenvalue weighted by Crippen LogP contribution is -2.36. The first kappa shape index (κ1) is 20.0. The van der Waals surface area contributed by atoms with E-state index in [-0.39, 0.29) is 17.5 Å². The van der Waals surface area contributed by atoms with E-state index in [9.17, 15) is 9.59 Å². The second-order valence-corrected chi connectivity index (χ2v) is 7.47. The smallest absolute Gasteiger partial charge is 0.270 e. The van der Waals surface area contributed by atoms with Gasteiger partial charge in [0.1, 0.15) is 17.2 Å². The monoisotopic (exact) mass is 420 g/mol. The fourth-order valence-electron chi connectivity index (χ4n) is 3.40. The number of furan rings is 1. The van der Waals surface area contributed by atoms with E-state index >= 15 is 0 Å². The van der Waals surface area contributed by atoms with Gasteiger partial charge in [0.2, 0.25) is 0 Å². The SMILES string of the molecule is O=C(N/C(=C\c1ccc(-c2ccccc2Cl)o1)C(=O)N1CCCC1)c1ccccc1. The van der Waals surface area contributed by atoms with E-state index in [1.54, 1.807) is 53.4 Å². The van der Waals surface area contributed by atoms with Crippen molar-refractivity contribution in [2.24, 2.45) is 0 Å². The van der Waals surface area contributed by atoms with Crippen molar-refractivity contribution in [3.8, 4) is 11.3 Å². The molecule has 0 radical (unpaired) electrons. The Morgan fingerprint density at radius 3 is 2.37 bits per heavy atom. The van der Waals surface area contributed by atoms with Crippen LogP contribution in [0.2, 0.25) is 5.02 Å². The number of nitrogens with zero attached hydrogens (tertiary/aromatic N) is 1.